The second kappa shape index (κ2) is 6.84. The van der Waals surface area contributed by atoms with Crippen LogP contribution in [-0.2, 0) is 9.59 Å². The highest BCUT2D eigenvalue weighted by Crippen LogP contribution is 2.35. The zero-order valence-electron chi connectivity index (χ0n) is 10.2. The van der Waals surface area contributed by atoms with Crippen LogP contribution in [0, 0.1) is 0 Å². The van der Waals surface area contributed by atoms with Crippen LogP contribution in [0.1, 0.15) is 17.7 Å². The molecule has 1 aliphatic heterocycles. The normalized spacial score (nSPS) is 17.2. The van der Waals surface area contributed by atoms with E-state index in [1.54, 1.807) is 0 Å². The smallest absolute Gasteiger partial charge is 0.303 e. The number of hydrogen-bond donors (Lipinski definition) is 1. The summed E-state index contributed by atoms with van der Waals surface area (Å²) in [5, 5.41) is 10.6. The van der Waals surface area contributed by atoms with Gasteiger partial charge in [0.1, 0.15) is 4.32 Å². The van der Waals surface area contributed by atoms with E-state index in [-0.39, 0.29) is 12.3 Å². The number of thiocarbonyl (C=S) groups is 1. The molecule has 1 aromatic rings. The Kier molecular flexibility index (Phi) is 5.36. The minimum Gasteiger partial charge on any atom is -0.481 e. The maximum Gasteiger partial charge on any atom is 0.303 e. The molecular formula is C12H10BrNO3S3. The van der Waals surface area contributed by atoms with Crippen molar-refractivity contribution in [3.63, 3.8) is 0 Å². The van der Waals surface area contributed by atoms with Crippen LogP contribution in [0.15, 0.2) is 20.8 Å². The Labute approximate surface area is 138 Å². The van der Waals surface area contributed by atoms with Gasteiger partial charge in [-0.25, -0.2) is 0 Å². The van der Waals surface area contributed by atoms with Crippen molar-refractivity contribution >= 4 is 73.5 Å². The average molecular weight is 392 g/mol. The molecule has 0 atom stereocenters. The quantitative estimate of drug-likeness (QED) is 0.613. The van der Waals surface area contributed by atoms with Crippen LogP contribution in [0.2, 0.25) is 0 Å². The van der Waals surface area contributed by atoms with Crippen molar-refractivity contribution in [3.05, 3.63) is 25.7 Å². The molecule has 0 bridgehead atoms. The van der Waals surface area contributed by atoms with Crippen molar-refractivity contribution in [1.82, 2.24) is 4.90 Å². The minimum absolute atomic E-state index is 0.0343. The fraction of sp³-hybridized carbons (Fsp3) is 0.250. The first-order chi connectivity index (χ1) is 9.49. The van der Waals surface area contributed by atoms with Crippen molar-refractivity contribution in [3.8, 4) is 0 Å². The third kappa shape index (κ3) is 3.69. The van der Waals surface area contributed by atoms with Gasteiger partial charge in [-0.05, 0) is 39.9 Å². The van der Waals surface area contributed by atoms with Crippen LogP contribution >= 0.6 is 51.2 Å². The van der Waals surface area contributed by atoms with Gasteiger partial charge < -0.3 is 5.11 Å². The summed E-state index contributed by atoms with van der Waals surface area (Å²) in [7, 11) is 0. The first kappa shape index (κ1) is 15.7. The Balaban J connectivity index is 2.07. The lowest BCUT2D eigenvalue weighted by atomic mass is 10.3. The molecule has 1 N–H and O–H groups in total. The fourth-order valence-corrected chi connectivity index (χ4v) is 4.39. The van der Waals surface area contributed by atoms with Gasteiger partial charge in [-0.1, -0.05) is 24.0 Å². The predicted octanol–water partition coefficient (Wildman–Crippen LogP) is 3.58. The van der Waals surface area contributed by atoms with Crippen LogP contribution in [-0.4, -0.2) is 32.7 Å². The summed E-state index contributed by atoms with van der Waals surface area (Å²) < 4.78 is 1.43. The molecule has 0 radical (unpaired) electrons. The van der Waals surface area contributed by atoms with Gasteiger partial charge in [-0.3, -0.25) is 14.5 Å². The molecule has 1 amide bonds. The molecule has 0 aromatic carbocycles. The summed E-state index contributed by atoms with van der Waals surface area (Å²) in [5.41, 5.74) is 0. The van der Waals surface area contributed by atoms with Crippen LogP contribution in [0.4, 0.5) is 0 Å². The number of rotatable bonds is 5. The van der Waals surface area contributed by atoms with Gasteiger partial charge in [-0.15, -0.1) is 11.3 Å². The third-order valence-electron chi connectivity index (χ3n) is 2.55. The Hall–Kier alpha value is -0.700. The molecule has 106 valence electrons. The lowest BCUT2D eigenvalue weighted by Gasteiger charge is -2.13. The topological polar surface area (TPSA) is 57.6 Å². The Morgan fingerprint density at radius 3 is 2.90 bits per heavy atom. The number of carbonyl (C=O) groups excluding carboxylic acids is 1. The van der Waals surface area contributed by atoms with E-state index in [1.807, 2.05) is 17.5 Å². The number of hydrogen-bond acceptors (Lipinski definition) is 5. The van der Waals surface area contributed by atoms with Gasteiger partial charge in [0.2, 0.25) is 0 Å². The zero-order chi connectivity index (χ0) is 14.7. The first-order valence-corrected chi connectivity index (χ1v) is 8.59. The maximum atomic E-state index is 12.2. The third-order valence-corrected chi connectivity index (χ3v) is 5.75. The average Bonchev–Trinajstić information content (AvgIpc) is 2.88. The van der Waals surface area contributed by atoms with E-state index >= 15 is 0 Å². The lowest BCUT2D eigenvalue weighted by molar-refractivity contribution is -0.137. The molecule has 2 heterocycles. The van der Waals surface area contributed by atoms with Gasteiger partial charge >= 0.3 is 5.97 Å². The largest absolute Gasteiger partial charge is 0.481 e. The highest BCUT2D eigenvalue weighted by atomic mass is 79.9. The Morgan fingerprint density at radius 1 is 1.55 bits per heavy atom. The number of halogens is 1. The van der Waals surface area contributed by atoms with Crippen LogP contribution < -0.4 is 0 Å². The fourth-order valence-electron chi connectivity index (χ4n) is 1.61. The lowest BCUT2D eigenvalue weighted by Crippen LogP contribution is -2.29. The van der Waals surface area contributed by atoms with Crippen molar-refractivity contribution < 1.29 is 14.7 Å². The molecule has 1 saturated heterocycles. The molecular weight excluding hydrogens is 382 g/mol. The molecule has 0 aliphatic carbocycles. The summed E-state index contributed by atoms with van der Waals surface area (Å²) in [5.74, 6) is -1.01. The second-order valence-corrected chi connectivity index (χ2v) is 7.44. The molecule has 20 heavy (non-hydrogen) atoms. The number of thioether (sulfide) groups is 1. The number of nitrogens with zero attached hydrogens (tertiary/aromatic N) is 1. The van der Waals surface area contributed by atoms with Gasteiger partial charge in [0.15, 0.2) is 0 Å². The summed E-state index contributed by atoms with van der Waals surface area (Å²) in [6.07, 6.45) is 2.25. The molecule has 8 heteroatoms. The van der Waals surface area contributed by atoms with Crippen LogP contribution in [0.5, 0.6) is 0 Å². The van der Waals surface area contributed by atoms with Gasteiger partial charge in [-0.2, -0.15) is 0 Å². The minimum atomic E-state index is -0.867. The SMILES string of the molecule is O=C(O)CCCN1C(=O)/C(=C\c2sccc2Br)SC1=S. The highest BCUT2D eigenvalue weighted by Gasteiger charge is 2.31. The number of amides is 1. The first-order valence-electron chi connectivity index (χ1n) is 5.69. The summed E-state index contributed by atoms with van der Waals surface area (Å²) in [6, 6.07) is 1.92. The van der Waals surface area contributed by atoms with Crippen molar-refractivity contribution in [2.24, 2.45) is 0 Å². The monoisotopic (exact) mass is 391 g/mol. The maximum absolute atomic E-state index is 12.2. The van der Waals surface area contributed by atoms with E-state index < -0.39 is 5.97 Å². The number of carbonyl (C=O) groups is 2. The highest BCUT2D eigenvalue weighted by molar-refractivity contribution is 9.10. The molecule has 1 fully saturated rings. The number of carboxylic acid groups (broad SMARTS) is 1. The van der Waals surface area contributed by atoms with E-state index in [2.05, 4.69) is 15.9 Å². The number of aliphatic carboxylic acids is 1. The Morgan fingerprint density at radius 2 is 2.30 bits per heavy atom. The van der Waals surface area contributed by atoms with E-state index in [1.165, 1.54) is 28.0 Å². The van der Waals surface area contributed by atoms with Gasteiger partial charge in [0.05, 0.1) is 4.91 Å². The van der Waals surface area contributed by atoms with Gasteiger partial charge in [0.25, 0.3) is 5.91 Å². The van der Waals surface area contributed by atoms with E-state index in [9.17, 15) is 9.59 Å². The van der Waals surface area contributed by atoms with Gasteiger partial charge in [0, 0.05) is 22.3 Å². The molecule has 2 rings (SSSR count). The summed E-state index contributed by atoms with van der Waals surface area (Å²) in [6.45, 7) is 0.347. The number of carboxylic acids is 1. The molecule has 1 aliphatic rings. The van der Waals surface area contributed by atoms with Crippen molar-refractivity contribution in [2.45, 2.75) is 12.8 Å². The van der Waals surface area contributed by atoms with Crippen LogP contribution in [0.3, 0.4) is 0 Å². The van der Waals surface area contributed by atoms with Crippen LogP contribution in [0.25, 0.3) is 6.08 Å². The molecule has 4 nitrogen and oxygen atoms in total. The van der Waals surface area contributed by atoms with E-state index in [4.69, 9.17) is 17.3 Å². The molecule has 0 spiro atoms. The number of thiophene rings is 1. The van der Waals surface area contributed by atoms with E-state index in [0.717, 1.165) is 9.35 Å². The predicted molar refractivity (Wildman–Crippen MR) is 88.8 cm³/mol. The summed E-state index contributed by atoms with van der Waals surface area (Å²) >= 11 is 11.4. The second-order valence-electron chi connectivity index (χ2n) is 3.96. The van der Waals surface area contributed by atoms with Crippen molar-refractivity contribution in [1.29, 1.82) is 0 Å². The summed E-state index contributed by atoms with van der Waals surface area (Å²) in [4.78, 5) is 25.7. The zero-order valence-corrected chi connectivity index (χ0v) is 14.2. The standard InChI is InChI=1S/C12H10BrNO3S3/c13-7-3-5-19-8(7)6-9-11(17)14(12(18)20-9)4-1-2-10(15)16/h3,5-6H,1-2,4H2,(H,15,16)/b9-6+. The van der Waals surface area contributed by atoms with E-state index in [0.29, 0.717) is 22.2 Å². The Bertz CT molecular complexity index is 597. The molecule has 0 unspecified atom stereocenters. The molecule has 1 aromatic heterocycles. The van der Waals surface area contributed by atoms with Crippen molar-refractivity contribution in [2.75, 3.05) is 6.54 Å². The molecule has 0 saturated carbocycles.